The van der Waals surface area contributed by atoms with Gasteiger partial charge in [0.25, 0.3) is 5.91 Å². The maximum atomic E-state index is 12.4. The number of hydrogen-bond donors (Lipinski definition) is 0. The van der Waals surface area contributed by atoms with Crippen LogP contribution in [-0.4, -0.2) is 26.8 Å². The average Bonchev–Trinajstić information content (AvgIpc) is 2.92. The van der Waals surface area contributed by atoms with Gasteiger partial charge in [0.2, 0.25) is 0 Å². The maximum Gasteiger partial charge on any atom is 0.408 e. The fourth-order valence-electron chi connectivity index (χ4n) is 2.43. The summed E-state index contributed by atoms with van der Waals surface area (Å²) in [6.07, 6.45) is -1.95. The number of halogens is 4. The molecule has 3 rings (SSSR count). The van der Waals surface area contributed by atoms with Crippen LogP contribution in [0.3, 0.4) is 0 Å². The van der Waals surface area contributed by atoms with Crippen molar-refractivity contribution in [3.05, 3.63) is 40.4 Å². The molecule has 0 unspecified atom stereocenters. The third-order valence-corrected chi connectivity index (χ3v) is 3.49. The predicted octanol–water partition coefficient (Wildman–Crippen LogP) is 2.96. The molecule has 0 saturated carbocycles. The number of hydrogen-bond acceptors (Lipinski definition) is 3. The summed E-state index contributed by atoms with van der Waals surface area (Å²) in [5.74, 6) is -0.316. The van der Waals surface area contributed by atoms with Crippen molar-refractivity contribution >= 4 is 23.2 Å². The van der Waals surface area contributed by atoms with Crippen LogP contribution < -0.4 is 4.90 Å². The fraction of sp³-hybridized carbons (Fsp3) is 0.308. The number of aryl methyl sites for hydroxylation is 1. The van der Waals surface area contributed by atoms with Crippen LogP contribution in [0.5, 0.6) is 0 Å². The lowest BCUT2D eigenvalue weighted by Gasteiger charge is -2.12. The molecular formula is C13H10ClF3N4O. The summed E-state index contributed by atoms with van der Waals surface area (Å²) in [6, 6.07) is 1.58. The van der Waals surface area contributed by atoms with Crippen molar-refractivity contribution in [2.45, 2.75) is 26.2 Å². The standard InChI is InChI=1S/C13H10ClF3N4O/c1-7-2-10(14)19-9-5-21(12(22)11(7)9)8-3-18-20(4-8)6-13(15,16)17/h2-4H,5-6H2,1H3. The smallest absolute Gasteiger partial charge is 0.299 e. The third-order valence-electron chi connectivity index (χ3n) is 3.30. The van der Waals surface area contributed by atoms with E-state index in [9.17, 15) is 18.0 Å². The first kappa shape index (κ1) is 14.8. The molecule has 9 heteroatoms. The van der Waals surface area contributed by atoms with E-state index < -0.39 is 12.7 Å². The lowest BCUT2D eigenvalue weighted by atomic mass is 10.1. The summed E-state index contributed by atoms with van der Waals surface area (Å²) >= 11 is 5.86. The first-order valence-corrected chi connectivity index (χ1v) is 6.69. The molecule has 116 valence electrons. The molecule has 0 N–H and O–H groups in total. The van der Waals surface area contributed by atoms with Gasteiger partial charge in [-0.2, -0.15) is 18.3 Å². The molecule has 2 aromatic rings. The van der Waals surface area contributed by atoms with Crippen LogP contribution in [0.25, 0.3) is 0 Å². The summed E-state index contributed by atoms with van der Waals surface area (Å²) in [5, 5.41) is 3.92. The van der Waals surface area contributed by atoms with Gasteiger partial charge in [0.15, 0.2) is 0 Å². The second kappa shape index (κ2) is 4.98. The topological polar surface area (TPSA) is 51.0 Å². The van der Waals surface area contributed by atoms with Crippen LogP contribution in [0.15, 0.2) is 18.5 Å². The number of rotatable bonds is 2. The number of alkyl halides is 3. The average molecular weight is 331 g/mol. The SMILES string of the molecule is Cc1cc(Cl)nc2c1C(=O)N(c1cnn(CC(F)(F)F)c1)C2. The van der Waals surface area contributed by atoms with Crippen LogP contribution in [0.2, 0.25) is 5.15 Å². The van der Waals surface area contributed by atoms with E-state index in [0.29, 0.717) is 22.5 Å². The van der Waals surface area contributed by atoms with Gasteiger partial charge in [-0.05, 0) is 18.6 Å². The van der Waals surface area contributed by atoms with Crippen molar-refractivity contribution in [1.29, 1.82) is 0 Å². The molecule has 22 heavy (non-hydrogen) atoms. The molecule has 1 aliphatic heterocycles. The fourth-order valence-corrected chi connectivity index (χ4v) is 2.69. The van der Waals surface area contributed by atoms with Gasteiger partial charge in [-0.3, -0.25) is 14.4 Å². The molecule has 5 nitrogen and oxygen atoms in total. The monoisotopic (exact) mass is 330 g/mol. The van der Waals surface area contributed by atoms with Crippen LogP contribution in [0.4, 0.5) is 18.9 Å². The van der Waals surface area contributed by atoms with E-state index in [1.54, 1.807) is 13.0 Å². The second-order valence-electron chi connectivity index (χ2n) is 4.99. The zero-order valence-corrected chi connectivity index (χ0v) is 12.1. The summed E-state index contributed by atoms with van der Waals surface area (Å²) in [6.45, 7) is 0.694. The second-order valence-corrected chi connectivity index (χ2v) is 5.37. The molecule has 0 aliphatic carbocycles. The summed E-state index contributed by atoms with van der Waals surface area (Å²) in [7, 11) is 0. The quantitative estimate of drug-likeness (QED) is 0.795. The minimum Gasteiger partial charge on any atom is -0.299 e. The first-order valence-electron chi connectivity index (χ1n) is 6.32. The summed E-state index contributed by atoms with van der Waals surface area (Å²) in [4.78, 5) is 17.8. The molecule has 1 aliphatic rings. The normalized spacial score (nSPS) is 14.6. The van der Waals surface area contributed by atoms with Crippen molar-refractivity contribution in [2.75, 3.05) is 4.90 Å². The third kappa shape index (κ3) is 2.66. The molecule has 3 heterocycles. The number of anilines is 1. The predicted molar refractivity (Wildman–Crippen MR) is 72.8 cm³/mol. The molecule has 2 aromatic heterocycles. The van der Waals surface area contributed by atoms with E-state index in [1.165, 1.54) is 17.3 Å². The Morgan fingerprint density at radius 2 is 2.14 bits per heavy atom. The number of fused-ring (bicyclic) bond motifs is 1. The Kier molecular flexibility index (Phi) is 3.36. The molecule has 0 radical (unpaired) electrons. The lowest BCUT2D eigenvalue weighted by Crippen LogP contribution is -2.23. The first-order chi connectivity index (χ1) is 10.2. The molecule has 0 bridgehead atoms. The van der Waals surface area contributed by atoms with Crippen LogP contribution in [0.1, 0.15) is 21.6 Å². The number of carbonyl (C=O) groups is 1. The minimum absolute atomic E-state index is 0.160. The van der Waals surface area contributed by atoms with E-state index in [4.69, 9.17) is 11.6 Å². The van der Waals surface area contributed by atoms with E-state index in [2.05, 4.69) is 10.1 Å². The van der Waals surface area contributed by atoms with Crippen LogP contribution in [0, 0.1) is 6.92 Å². The number of amides is 1. The van der Waals surface area contributed by atoms with E-state index in [-0.39, 0.29) is 17.6 Å². The molecule has 0 atom stereocenters. The van der Waals surface area contributed by atoms with Crippen molar-refractivity contribution < 1.29 is 18.0 Å². The highest BCUT2D eigenvalue weighted by molar-refractivity contribution is 6.29. The van der Waals surface area contributed by atoms with Gasteiger partial charge in [-0.15, -0.1) is 0 Å². The minimum atomic E-state index is -4.37. The zero-order valence-electron chi connectivity index (χ0n) is 11.4. The Morgan fingerprint density at radius 1 is 1.41 bits per heavy atom. The highest BCUT2D eigenvalue weighted by Crippen LogP contribution is 2.30. The summed E-state index contributed by atoms with van der Waals surface area (Å²) in [5.41, 5.74) is 1.93. The van der Waals surface area contributed by atoms with E-state index in [0.717, 1.165) is 4.68 Å². The molecule has 0 saturated heterocycles. The number of aromatic nitrogens is 3. The molecule has 0 aromatic carbocycles. The Balaban J connectivity index is 1.89. The number of pyridine rings is 1. The highest BCUT2D eigenvalue weighted by Gasteiger charge is 2.33. The number of nitrogens with zero attached hydrogens (tertiary/aromatic N) is 4. The van der Waals surface area contributed by atoms with Gasteiger partial charge >= 0.3 is 6.18 Å². The van der Waals surface area contributed by atoms with Gasteiger partial charge in [0.05, 0.1) is 29.7 Å². The molecular weight excluding hydrogens is 321 g/mol. The Labute approximate surface area is 128 Å². The Bertz CT molecular complexity index is 756. The van der Waals surface area contributed by atoms with Gasteiger partial charge in [-0.25, -0.2) is 4.98 Å². The van der Waals surface area contributed by atoms with Gasteiger partial charge < -0.3 is 0 Å². The van der Waals surface area contributed by atoms with E-state index >= 15 is 0 Å². The molecule has 1 amide bonds. The Hall–Kier alpha value is -2.09. The van der Waals surface area contributed by atoms with Crippen LogP contribution in [-0.2, 0) is 13.1 Å². The van der Waals surface area contributed by atoms with Crippen molar-refractivity contribution in [3.63, 3.8) is 0 Å². The van der Waals surface area contributed by atoms with E-state index in [1.807, 2.05) is 0 Å². The number of carbonyl (C=O) groups excluding carboxylic acids is 1. The summed E-state index contributed by atoms with van der Waals surface area (Å²) < 4.78 is 37.8. The largest absolute Gasteiger partial charge is 0.408 e. The molecule has 0 fully saturated rings. The van der Waals surface area contributed by atoms with Gasteiger partial charge in [-0.1, -0.05) is 11.6 Å². The van der Waals surface area contributed by atoms with Crippen molar-refractivity contribution in [2.24, 2.45) is 0 Å². The van der Waals surface area contributed by atoms with Crippen LogP contribution >= 0.6 is 11.6 Å². The zero-order chi connectivity index (χ0) is 16.1. The highest BCUT2D eigenvalue weighted by atomic mass is 35.5. The molecule has 0 spiro atoms. The maximum absolute atomic E-state index is 12.4. The van der Waals surface area contributed by atoms with Crippen molar-refractivity contribution in [1.82, 2.24) is 14.8 Å². The van der Waals surface area contributed by atoms with Gasteiger partial charge in [0, 0.05) is 6.20 Å². The lowest BCUT2D eigenvalue weighted by molar-refractivity contribution is -0.142. The van der Waals surface area contributed by atoms with Crippen molar-refractivity contribution in [3.8, 4) is 0 Å². The Morgan fingerprint density at radius 3 is 2.82 bits per heavy atom. The van der Waals surface area contributed by atoms with Gasteiger partial charge in [0.1, 0.15) is 11.7 Å².